The summed E-state index contributed by atoms with van der Waals surface area (Å²) in [6.07, 6.45) is 0.120. The Bertz CT molecular complexity index is 766. The minimum atomic E-state index is -0.807. The van der Waals surface area contributed by atoms with Gasteiger partial charge >= 0.3 is 6.03 Å². The van der Waals surface area contributed by atoms with Crippen molar-refractivity contribution in [3.8, 4) is 0 Å². The van der Waals surface area contributed by atoms with Crippen molar-refractivity contribution in [2.75, 3.05) is 31.6 Å². The predicted octanol–water partition coefficient (Wildman–Crippen LogP) is 2.66. The van der Waals surface area contributed by atoms with Gasteiger partial charge in [-0.1, -0.05) is 23.2 Å². The molecule has 4 atom stereocenters. The van der Waals surface area contributed by atoms with Gasteiger partial charge in [-0.25, -0.2) is 4.79 Å². The first-order valence-electron chi connectivity index (χ1n) is 10.1. The zero-order valence-corrected chi connectivity index (χ0v) is 18.3. The van der Waals surface area contributed by atoms with E-state index in [-0.39, 0.29) is 56.4 Å². The van der Waals surface area contributed by atoms with E-state index in [2.05, 4.69) is 10.6 Å². The van der Waals surface area contributed by atoms with Gasteiger partial charge in [0.2, 0.25) is 5.91 Å². The lowest BCUT2D eigenvalue weighted by Crippen LogP contribution is -2.58. The van der Waals surface area contributed by atoms with Gasteiger partial charge in [0.05, 0.1) is 54.5 Å². The van der Waals surface area contributed by atoms with E-state index < -0.39 is 6.10 Å². The molecule has 10 heteroatoms. The minimum absolute atomic E-state index is 0.0580. The molecule has 8 nitrogen and oxygen atoms in total. The molecule has 30 heavy (non-hydrogen) atoms. The molecule has 1 aromatic rings. The van der Waals surface area contributed by atoms with E-state index in [0.717, 1.165) is 0 Å². The minimum Gasteiger partial charge on any atom is -0.389 e. The highest BCUT2D eigenvalue weighted by molar-refractivity contribution is 6.42. The Labute approximate surface area is 185 Å². The summed E-state index contributed by atoms with van der Waals surface area (Å²) in [7, 11) is 0. The Morgan fingerprint density at radius 2 is 2.03 bits per heavy atom. The van der Waals surface area contributed by atoms with Crippen LogP contribution in [0.15, 0.2) is 18.2 Å². The molecule has 2 fully saturated rings. The van der Waals surface area contributed by atoms with Crippen LogP contribution >= 0.6 is 23.2 Å². The average Bonchev–Trinajstić information content (AvgIpc) is 2.68. The summed E-state index contributed by atoms with van der Waals surface area (Å²) < 4.78 is 11.7. The number of carbonyl (C=O) groups is 2. The summed E-state index contributed by atoms with van der Waals surface area (Å²) in [5.41, 5.74) is 0.504. The normalized spacial score (nSPS) is 26.9. The number of benzene rings is 1. The van der Waals surface area contributed by atoms with Crippen LogP contribution in [0.3, 0.4) is 0 Å². The van der Waals surface area contributed by atoms with Crippen molar-refractivity contribution in [2.45, 2.75) is 50.5 Å². The monoisotopic (exact) mass is 459 g/mol. The van der Waals surface area contributed by atoms with Gasteiger partial charge in [0.1, 0.15) is 6.10 Å². The Kier molecular flexibility index (Phi) is 8.19. The van der Waals surface area contributed by atoms with Crippen LogP contribution in [0.4, 0.5) is 10.5 Å². The lowest BCUT2D eigenvalue weighted by atomic mass is 9.95. The molecule has 0 radical (unpaired) electrons. The van der Waals surface area contributed by atoms with E-state index in [0.29, 0.717) is 35.1 Å². The summed E-state index contributed by atoms with van der Waals surface area (Å²) in [4.78, 5) is 26.5. The highest BCUT2D eigenvalue weighted by Gasteiger charge is 2.40. The second kappa shape index (κ2) is 10.6. The van der Waals surface area contributed by atoms with Crippen LogP contribution in [-0.4, -0.2) is 72.6 Å². The number of carbonyl (C=O) groups excluding carboxylic acids is 2. The van der Waals surface area contributed by atoms with Crippen molar-refractivity contribution in [2.24, 2.45) is 0 Å². The average molecular weight is 460 g/mol. The van der Waals surface area contributed by atoms with Crippen LogP contribution < -0.4 is 10.6 Å². The Hall–Kier alpha value is -1.58. The van der Waals surface area contributed by atoms with Crippen molar-refractivity contribution in [1.82, 2.24) is 10.2 Å². The number of aliphatic hydroxyl groups is 1. The largest absolute Gasteiger partial charge is 0.389 e. The van der Waals surface area contributed by atoms with Gasteiger partial charge < -0.3 is 30.1 Å². The lowest BCUT2D eigenvalue weighted by molar-refractivity contribution is -0.149. The third-order valence-corrected chi connectivity index (χ3v) is 5.94. The van der Waals surface area contributed by atoms with Gasteiger partial charge in [-0.3, -0.25) is 4.79 Å². The topological polar surface area (TPSA) is 100 Å². The maximum Gasteiger partial charge on any atom is 0.322 e. The quantitative estimate of drug-likeness (QED) is 0.642. The summed E-state index contributed by atoms with van der Waals surface area (Å²) in [5, 5.41) is 16.5. The number of β-amino-alcohol motifs (C(OH)–C–C–N with tert-alkyl or cyclic N) is 1. The predicted molar refractivity (Wildman–Crippen MR) is 114 cm³/mol. The zero-order valence-electron chi connectivity index (χ0n) is 16.8. The zero-order chi connectivity index (χ0) is 21.7. The lowest BCUT2D eigenvalue weighted by Gasteiger charge is -2.44. The summed E-state index contributed by atoms with van der Waals surface area (Å²) >= 11 is 12.0. The standard InChI is InChI=1S/C20H27Cl2N3O5/c1-2-23-19(27)8-14-4-6-17-18(30-14)11-29-10-13(26)9-25(17)20(28)24-12-3-5-15(21)16(22)7-12/h3,5,7,13-14,17-18,26H,2,4,6,8-11H2,1H3,(H,23,27)(H,24,28)/t13-,14+,17-,18+/m0/s1. The number of ether oxygens (including phenoxy) is 2. The number of urea groups is 1. The van der Waals surface area contributed by atoms with Crippen molar-refractivity contribution in [1.29, 1.82) is 0 Å². The Morgan fingerprint density at radius 1 is 1.23 bits per heavy atom. The number of anilines is 1. The van der Waals surface area contributed by atoms with Crippen LogP contribution in [0, 0.1) is 0 Å². The van der Waals surface area contributed by atoms with E-state index in [1.54, 1.807) is 23.1 Å². The van der Waals surface area contributed by atoms with Crippen LogP contribution in [0.5, 0.6) is 0 Å². The van der Waals surface area contributed by atoms with Crippen LogP contribution in [-0.2, 0) is 14.3 Å². The molecule has 0 bridgehead atoms. The fourth-order valence-corrected chi connectivity index (χ4v) is 4.12. The van der Waals surface area contributed by atoms with E-state index in [1.807, 2.05) is 6.92 Å². The maximum absolute atomic E-state index is 13.0. The maximum atomic E-state index is 13.0. The third kappa shape index (κ3) is 5.98. The first-order valence-corrected chi connectivity index (χ1v) is 10.8. The molecule has 1 aromatic carbocycles. The molecule has 2 heterocycles. The van der Waals surface area contributed by atoms with Gasteiger partial charge in [-0.2, -0.15) is 0 Å². The van der Waals surface area contributed by atoms with E-state index in [9.17, 15) is 14.7 Å². The smallest absolute Gasteiger partial charge is 0.322 e. The number of nitrogens with one attached hydrogen (secondary N) is 2. The molecule has 3 N–H and O–H groups in total. The van der Waals surface area contributed by atoms with Crippen LogP contribution in [0.2, 0.25) is 10.0 Å². The van der Waals surface area contributed by atoms with Gasteiger partial charge in [-0.15, -0.1) is 0 Å². The molecule has 166 valence electrons. The fraction of sp³-hybridized carbons (Fsp3) is 0.600. The van der Waals surface area contributed by atoms with Gasteiger partial charge in [0.25, 0.3) is 0 Å². The molecular formula is C20H27Cl2N3O5. The molecule has 2 aliphatic heterocycles. The highest BCUT2D eigenvalue weighted by atomic mass is 35.5. The van der Waals surface area contributed by atoms with E-state index in [1.165, 1.54) is 0 Å². The van der Waals surface area contributed by atoms with Crippen molar-refractivity contribution < 1.29 is 24.2 Å². The molecule has 2 aliphatic rings. The molecule has 0 unspecified atom stereocenters. The molecule has 0 saturated carbocycles. The Balaban J connectivity index is 1.71. The molecule has 2 saturated heterocycles. The number of hydrogen-bond donors (Lipinski definition) is 3. The molecule has 0 spiro atoms. The molecule has 0 aromatic heterocycles. The van der Waals surface area contributed by atoms with Gasteiger partial charge in [0.15, 0.2) is 0 Å². The third-order valence-electron chi connectivity index (χ3n) is 5.20. The second-order valence-corrected chi connectivity index (χ2v) is 8.32. The first kappa shape index (κ1) is 23.1. The molecular weight excluding hydrogens is 433 g/mol. The molecule has 0 aliphatic carbocycles. The molecule has 3 amide bonds. The first-order chi connectivity index (χ1) is 14.4. The molecule has 3 rings (SSSR count). The fourth-order valence-electron chi connectivity index (χ4n) is 3.82. The second-order valence-electron chi connectivity index (χ2n) is 7.50. The number of amides is 3. The summed E-state index contributed by atoms with van der Waals surface area (Å²) in [6.45, 7) is 2.89. The van der Waals surface area contributed by atoms with Crippen LogP contribution in [0.1, 0.15) is 26.2 Å². The highest BCUT2D eigenvalue weighted by Crippen LogP contribution is 2.29. The number of fused-ring (bicyclic) bond motifs is 1. The number of aliphatic hydroxyl groups excluding tert-OH is 1. The summed E-state index contributed by atoms with van der Waals surface area (Å²) in [5.74, 6) is -0.0580. The number of nitrogens with zero attached hydrogens (tertiary/aromatic N) is 1. The number of rotatable bonds is 4. The number of halogens is 2. The van der Waals surface area contributed by atoms with E-state index in [4.69, 9.17) is 32.7 Å². The summed E-state index contributed by atoms with van der Waals surface area (Å²) in [6, 6.07) is 4.19. The van der Waals surface area contributed by atoms with Gasteiger partial charge in [0, 0.05) is 12.2 Å². The van der Waals surface area contributed by atoms with Crippen molar-refractivity contribution in [3.05, 3.63) is 28.2 Å². The van der Waals surface area contributed by atoms with Gasteiger partial charge in [-0.05, 0) is 38.0 Å². The van der Waals surface area contributed by atoms with Crippen LogP contribution in [0.25, 0.3) is 0 Å². The SMILES string of the molecule is CCNC(=O)C[C@H]1CC[C@H]2[C@@H](COC[C@@H](O)CN2C(=O)Nc2ccc(Cl)c(Cl)c2)O1. The Morgan fingerprint density at radius 3 is 2.77 bits per heavy atom. The van der Waals surface area contributed by atoms with Crippen molar-refractivity contribution in [3.63, 3.8) is 0 Å². The van der Waals surface area contributed by atoms with E-state index >= 15 is 0 Å². The van der Waals surface area contributed by atoms with Crippen molar-refractivity contribution >= 4 is 40.8 Å². The number of hydrogen-bond acceptors (Lipinski definition) is 5.